The van der Waals surface area contributed by atoms with Crippen LogP contribution in [0, 0.1) is 5.92 Å². The summed E-state index contributed by atoms with van der Waals surface area (Å²) in [7, 11) is 0. The highest BCUT2D eigenvalue weighted by molar-refractivity contribution is 6.06. The zero-order chi connectivity index (χ0) is 10.3. The molecule has 0 atom stereocenters. The minimum atomic E-state index is 0.198. The van der Waals surface area contributed by atoms with Crippen LogP contribution >= 0.6 is 0 Å². The van der Waals surface area contributed by atoms with E-state index in [0.29, 0.717) is 18.4 Å². The summed E-state index contributed by atoms with van der Waals surface area (Å²) >= 11 is 0. The summed E-state index contributed by atoms with van der Waals surface area (Å²) in [6, 6.07) is 0.294. The Morgan fingerprint density at radius 3 is 2.60 bits per heavy atom. The molecule has 0 aromatic rings. The highest BCUT2D eigenvalue weighted by atomic mass is 16.5. The molecular formula is C11H16N2O2. The van der Waals surface area contributed by atoms with E-state index in [0.717, 1.165) is 31.8 Å². The van der Waals surface area contributed by atoms with Crippen molar-refractivity contribution in [2.45, 2.75) is 38.1 Å². The second-order valence-electron chi connectivity index (χ2n) is 4.62. The molecule has 4 heteroatoms. The van der Waals surface area contributed by atoms with Gasteiger partial charge in [-0.1, -0.05) is 0 Å². The summed E-state index contributed by atoms with van der Waals surface area (Å²) in [6.45, 7) is 1.53. The minimum absolute atomic E-state index is 0.198. The fraction of sp³-hybridized carbons (Fsp3) is 0.818. The molecule has 0 radical (unpaired) electrons. The largest absolute Gasteiger partial charge is 0.381 e. The molecule has 2 heterocycles. The topological polar surface area (TPSA) is 41.9 Å². The summed E-state index contributed by atoms with van der Waals surface area (Å²) in [5.74, 6) is 0.822. The van der Waals surface area contributed by atoms with Crippen LogP contribution < -0.4 is 0 Å². The zero-order valence-corrected chi connectivity index (χ0v) is 8.82. The molecule has 0 aromatic carbocycles. The van der Waals surface area contributed by atoms with E-state index < -0.39 is 0 Å². The molecule has 82 valence electrons. The predicted molar refractivity (Wildman–Crippen MR) is 55.5 cm³/mol. The number of carbonyl (C=O) groups is 1. The Kier molecular flexibility index (Phi) is 2.24. The van der Waals surface area contributed by atoms with Gasteiger partial charge in [0, 0.05) is 13.2 Å². The van der Waals surface area contributed by atoms with Crippen molar-refractivity contribution < 1.29 is 9.53 Å². The Hall–Kier alpha value is -0.900. The first-order chi connectivity index (χ1) is 7.34. The molecule has 1 amide bonds. The third-order valence-corrected chi connectivity index (χ3v) is 3.41. The minimum Gasteiger partial charge on any atom is -0.381 e. The molecule has 0 bridgehead atoms. The molecule has 0 N–H and O–H groups in total. The van der Waals surface area contributed by atoms with Crippen molar-refractivity contribution >= 4 is 11.6 Å². The van der Waals surface area contributed by atoms with Gasteiger partial charge < -0.3 is 4.74 Å². The van der Waals surface area contributed by atoms with E-state index in [-0.39, 0.29) is 5.91 Å². The van der Waals surface area contributed by atoms with Gasteiger partial charge in [-0.3, -0.25) is 4.79 Å². The van der Waals surface area contributed by atoms with Crippen LogP contribution in [0.5, 0.6) is 0 Å². The first-order valence-corrected chi connectivity index (χ1v) is 5.82. The Balaban J connectivity index is 1.71. The SMILES string of the molecule is O=C1CC(C2CC2)=NN1C1CCOCC1. The lowest BCUT2D eigenvalue weighted by Crippen LogP contribution is -2.37. The van der Waals surface area contributed by atoms with Crippen molar-refractivity contribution in [1.82, 2.24) is 5.01 Å². The maximum Gasteiger partial charge on any atom is 0.248 e. The Labute approximate surface area is 89.3 Å². The van der Waals surface area contributed by atoms with Gasteiger partial charge in [0.25, 0.3) is 0 Å². The number of hydrogen-bond donors (Lipinski definition) is 0. The van der Waals surface area contributed by atoms with Crippen LogP contribution in [0.1, 0.15) is 32.1 Å². The molecule has 3 rings (SSSR count). The van der Waals surface area contributed by atoms with Crippen LogP contribution in [0.2, 0.25) is 0 Å². The lowest BCUT2D eigenvalue weighted by atomic mass is 10.1. The van der Waals surface area contributed by atoms with Gasteiger partial charge in [0.1, 0.15) is 0 Å². The third-order valence-electron chi connectivity index (χ3n) is 3.41. The maximum atomic E-state index is 11.8. The Bertz CT molecular complexity index is 304. The number of hydrazone groups is 1. The number of carbonyl (C=O) groups excluding carboxylic acids is 1. The predicted octanol–water partition coefficient (Wildman–Crippen LogP) is 1.16. The number of amides is 1. The normalized spacial score (nSPS) is 28.4. The van der Waals surface area contributed by atoms with Crippen molar-refractivity contribution in [2.75, 3.05) is 13.2 Å². The first kappa shape index (κ1) is 9.33. The van der Waals surface area contributed by atoms with Gasteiger partial charge in [-0.05, 0) is 31.6 Å². The molecule has 2 aliphatic heterocycles. The van der Waals surface area contributed by atoms with Crippen LogP contribution in [-0.2, 0) is 9.53 Å². The molecule has 4 nitrogen and oxygen atoms in total. The molecule has 1 saturated heterocycles. The molecule has 0 aromatic heterocycles. The fourth-order valence-corrected chi connectivity index (χ4v) is 2.32. The van der Waals surface area contributed by atoms with Crippen molar-refractivity contribution in [1.29, 1.82) is 0 Å². The van der Waals surface area contributed by atoms with E-state index in [1.165, 1.54) is 12.8 Å². The van der Waals surface area contributed by atoms with Gasteiger partial charge in [-0.15, -0.1) is 0 Å². The van der Waals surface area contributed by atoms with E-state index in [1.807, 2.05) is 0 Å². The number of ether oxygens (including phenoxy) is 1. The summed E-state index contributed by atoms with van der Waals surface area (Å²) in [5, 5.41) is 6.23. The molecular weight excluding hydrogens is 192 g/mol. The molecule has 1 saturated carbocycles. The van der Waals surface area contributed by atoms with E-state index in [9.17, 15) is 4.79 Å². The van der Waals surface area contributed by atoms with Crippen molar-refractivity contribution in [3.05, 3.63) is 0 Å². The van der Waals surface area contributed by atoms with Gasteiger partial charge in [-0.2, -0.15) is 5.10 Å². The number of hydrogen-bond acceptors (Lipinski definition) is 3. The van der Waals surface area contributed by atoms with E-state index in [2.05, 4.69) is 5.10 Å². The molecule has 0 spiro atoms. The maximum absolute atomic E-state index is 11.8. The quantitative estimate of drug-likeness (QED) is 0.683. The van der Waals surface area contributed by atoms with Crippen LogP contribution in [-0.4, -0.2) is 35.9 Å². The molecule has 0 unspecified atom stereocenters. The lowest BCUT2D eigenvalue weighted by molar-refractivity contribution is -0.132. The summed E-state index contributed by atoms with van der Waals surface area (Å²) in [5.41, 5.74) is 1.13. The van der Waals surface area contributed by atoms with Gasteiger partial charge in [0.05, 0.1) is 18.2 Å². The second kappa shape index (κ2) is 3.59. The van der Waals surface area contributed by atoms with Gasteiger partial charge in [0.15, 0.2) is 0 Å². The van der Waals surface area contributed by atoms with Gasteiger partial charge in [0.2, 0.25) is 5.91 Å². The monoisotopic (exact) mass is 208 g/mol. The number of nitrogens with zero attached hydrogens (tertiary/aromatic N) is 2. The summed E-state index contributed by atoms with van der Waals surface area (Å²) < 4.78 is 5.29. The van der Waals surface area contributed by atoms with Crippen LogP contribution in [0.4, 0.5) is 0 Å². The van der Waals surface area contributed by atoms with Gasteiger partial charge >= 0.3 is 0 Å². The molecule has 3 aliphatic rings. The van der Waals surface area contributed by atoms with Crippen LogP contribution in [0.3, 0.4) is 0 Å². The smallest absolute Gasteiger partial charge is 0.248 e. The fourth-order valence-electron chi connectivity index (χ4n) is 2.32. The average Bonchev–Trinajstić information content (AvgIpc) is 3.04. The van der Waals surface area contributed by atoms with Crippen molar-refractivity contribution in [3.63, 3.8) is 0 Å². The highest BCUT2D eigenvalue weighted by Crippen LogP contribution is 2.35. The van der Waals surface area contributed by atoms with Crippen LogP contribution in [0.25, 0.3) is 0 Å². The Morgan fingerprint density at radius 1 is 1.20 bits per heavy atom. The Morgan fingerprint density at radius 2 is 1.93 bits per heavy atom. The van der Waals surface area contributed by atoms with Crippen molar-refractivity contribution in [3.8, 4) is 0 Å². The average molecular weight is 208 g/mol. The summed E-state index contributed by atoms with van der Waals surface area (Å²) in [6.07, 6.45) is 4.91. The summed E-state index contributed by atoms with van der Waals surface area (Å²) in [4.78, 5) is 11.8. The van der Waals surface area contributed by atoms with Crippen LogP contribution in [0.15, 0.2) is 5.10 Å². The first-order valence-electron chi connectivity index (χ1n) is 5.82. The van der Waals surface area contributed by atoms with E-state index >= 15 is 0 Å². The standard InChI is InChI=1S/C11H16N2O2/c14-11-7-10(8-1-2-8)12-13(11)9-3-5-15-6-4-9/h8-9H,1-7H2. The third kappa shape index (κ3) is 1.78. The second-order valence-corrected chi connectivity index (χ2v) is 4.62. The zero-order valence-electron chi connectivity index (χ0n) is 8.82. The molecule has 15 heavy (non-hydrogen) atoms. The van der Waals surface area contributed by atoms with Crippen molar-refractivity contribution in [2.24, 2.45) is 11.0 Å². The van der Waals surface area contributed by atoms with Gasteiger partial charge in [-0.25, -0.2) is 5.01 Å². The van der Waals surface area contributed by atoms with E-state index in [4.69, 9.17) is 4.74 Å². The lowest BCUT2D eigenvalue weighted by Gasteiger charge is -2.27. The molecule has 2 fully saturated rings. The highest BCUT2D eigenvalue weighted by Gasteiger charge is 2.37. The molecule has 1 aliphatic carbocycles. The van der Waals surface area contributed by atoms with E-state index in [1.54, 1.807) is 5.01 Å². The number of rotatable bonds is 2.